The standard InChI is InChI=1S/C14H16ClN3OS/c1-3-16-10-4-6-12(17-8-10)14(19)18(2)9-11-5-7-13(15)20-11/h4-8,16H,3,9H2,1-2H3. The molecule has 2 aromatic heterocycles. The van der Waals surface area contributed by atoms with Crippen LogP contribution in [-0.4, -0.2) is 29.4 Å². The van der Waals surface area contributed by atoms with Gasteiger partial charge in [-0.2, -0.15) is 0 Å². The molecule has 1 amide bonds. The van der Waals surface area contributed by atoms with Gasteiger partial charge >= 0.3 is 0 Å². The topological polar surface area (TPSA) is 45.2 Å². The Morgan fingerprint density at radius 2 is 2.20 bits per heavy atom. The van der Waals surface area contributed by atoms with Crippen molar-refractivity contribution in [2.45, 2.75) is 13.5 Å². The van der Waals surface area contributed by atoms with Crippen LogP contribution in [0.25, 0.3) is 0 Å². The molecule has 0 bridgehead atoms. The molecule has 2 heterocycles. The highest BCUT2D eigenvalue weighted by atomic mass is 35.5. The average molecular weight is 310 g/mol. The number of hydrogen-bond acceptors (Lipinski definition) is 4. The maximum absolute atomic E-state index is 12.2. The molecule has 0 aromatic carbocycles. The minimum absolute atomic E-state index is 0.0995. The third-order valence-corrected chi connectivity index (χ3v) is 3.95. The Balaban J connectivity index is 2.02. The summed E-state index contributed by atoms with van der Waals surface area (Å²) in [7, 11) is 1.76. The number of hydrogen-bond donors (Lipinski definition) is 1. The van der Waals surface area contributed by atoms with Gasteiger partial charge in [-0.05, 0) is 31.2 Å². The van der Waals surface area contributed by atoms with Gasteiger partial charge in [-0.25, -0.2) is 4.98 Å². The average Bonchev–Trinajstić information content (AvgIpc) is 2.84. The molecule has 2 rings (SSSR count). The van der Waals surface area contributed by atoms with Crippen LogP contribution in [0.5, 0.6) is 0 Å². The third-order valence-electron chi connectivity index (χ3n) is 2.73. The minimum atomic E-state index is -0.0995. The van der Waals surface area contributed by atoms with Crippen LogP contribution in [0, 0.1) is 0 Å². The first-order chi connectivity index (χ1) is 9.60. The van der Waals surface area contributed by atoms with E-state index in [4.69, 9.17) is 11.6 Å². The maximum Gasteiger partial charge on any atom is 0.272 e. The van der Waals surface area contributed by atoms with E-state index in [1.807, 2.05) is 25.1 Å². The van der Waals surface area contributed by atoms with E-state index >= 15 is 0 Å². The van der Waals surface area contributed by atoms with Gasteiger partial charge in [0.05, 0.1) is 22.8 Å². The molecular weight excluding hydrogens is 294 g/mol. The van der Waals surface area contributed by atoms with Crippen LogP contribution in [0.1, 0.15) is 22.3 Å². The number of thiophene rings is 1. The lowest BCUT2D eigenvalue weighted by Crippen LogP contribution is -2.26. The molecule has 0 saturated carbocycles. The lowest BCUT2D eigenvalue weighted by molar-refractivity contribution is 0.0780. The van der Waals surface area contributed by atoms with Gasteiger partial charge in [0.15, 0.2) is 0 Å². The molecule has 0 aliphatic carbocycles. The van der Waals surface area contributed by atoms with Crippen LogP contribution in [-0.2, 0) is 6.54 Å². The summed E-state index contributed by atoms with van der Waals surface area (Å²) < 4.78 is 0.731. The van der Waals surface area contributed by atoms with E-state index in [-0.39, 0.29) is 5.91 Å². The summed E-state index contributed by atoms with van der Waals surface area (Å²) in [5.41, 5.74) is 1.36. The van der Waals surface area contributed by atoms with Crippen molar-refractivity contribution in [3.63, 3.8) is 0 Å². The molecule has 0 saturated heterocycles. The van der Waals surface area contributed by atoms with E-state index in [2.05, 4.69) is 10.3 Å². The van der Waals surface area contributed by atoms with Crippen molar-refractivity contribution in [1.82, 2.24) is 9.88 Å². The Morgan fingerprint density at radius 3 is 2.75 bits per heavy atom. The summed E-state index contributed by atoms with van der Waals surface area (Å²) in [6.07, 6.45) is 1.67. The van der Waals surface area contributed by atoms with Crippen LogP contribution in [0.4, 0.5) is 5.69 Å². The van der Waals surface area contributed by atoms with Gasteiger partial charge in [0, 0.05) is 18.5 Å². The molecule has 0 spiro atoms. The van der Waals surface area contributed by atoms with Crippen molar-refractivity contribution in [3.05, 3.63) is 45.4 Å². The van der Waals surface area contributed by atoms with Crippen LogP contribution >= 0.6 is 22.9 Å². The van der Waals surface area contributed by atoms with Gasteiger partial charge in [0.25, 0.3) is 5.91 Å². The van der Waals surface area contributed by atoms with Gasteiger partial charge in [0.2, 0.25) is 0 Å². The second kappa shape index (κ2) is 6.72. The van der Waals surface area contributed by atoms with Crippen molar-refractivity contribution in [2.24, 2.45) is 0 Å². The molecule has 0 radical (unpaired) electrons. The Labute approximate surface area is 127 Å². The summed E-state index contributed by atoms with van der Waals surface area (Å²) in [6.45, 7) is 3.37. The summed E-state index contributed by atoms with van der Waals surface area (Å²) >= 11 is 7.36. The summed E-state index contributed by atoms with van der Waals surface area (Å²) in [5.74, 6) is -0.0995. The van der Waals surface area contributed by atoms with Crippen molar-refractivity contribution < 1.29 is 4.79 Å². The highest BCUT2D eigenvalue weighted by molar-refractivity contribution is 7.16. The number of pyridine rings is 1. The Bertz CT molecular complexity index is 582. The number of carbonyl (C=O) groups is 1. The molecule has 1 N–H and O–H groups in total. The molecule has 0 atom stereocenters. The molecule has 0 fully saturated rings. The van der Waals surface area contributed by atoms with Crippen molar-refractivity contribution in [2.75, 3.05) is 18.9 Å². The largest absolute Gasteiger partial charge is 0.384 e. The number of halogens is 1. The van der Waals surface area contributed by atoms with E-state index in [1.165, 1.54) is 11.3 Å². The number of amides is 1. The first kappa shape index (κ1) is 14.8. The molecule has 20 heavy (non-hydrogen) atoms. The first-order valence-corrected chi connectivity index (χ1v) is 7.49. The SMILES string of the molecule is CCNc1ccc(C(=O)N(C)Cc2ccc(Cl)s2)nc1. The number of nitrogens with one attached hydrogen (secondary N) is 1. The summed E-state index contributed by atoms with van der Waals surface area (Å²) in [6, 6.07) is 7.36. The van der Waals surface area contributed by atoms with E-state index in [0.717, 1.165) is 21.4 Å². The predicted molar refractivity (Wildman–Crippen MR) is 83.5 cm³/mol. The second-order valence-corrected chi connectivity index (χ2v) is 6.13. The number of anilines is 1. The normalized spacial score (nSPS) is 10.3. The van der Waals surface area contributed by atoms with E-state index in [9.17, 15) is 4.79 Å². The molecule has 6 heteroatoms. The van der Waals surface area contributed by atoms with Gasteiger partial charge in [-0.15, -0.1) is 11.3 Å². The number of nitrogens with zero attached hydrogens (tertiary/aromatic N) is 2. The Morgan fingerprint density at radius 1 is 1.40 bits per heavy atom. The van der Waals surface area contributed by atoms with Crippen molar-refractivity contribution >= 4 is 34.5 Å². The lowest BCUT2D eigenvalue weighted by Gasteiger charge is -2.15. The zero-order valence-corrected chi connectivity index (χ0v) is 13.0. The van der Waals surface area contributed by atoms with Crippen LogP contribution in [0.2, 0.25) is 4.34 Å². The number of carbonyl (C=O) groups excluding carboxylic acids is 1. The Hall–Kier alpha value is -1.59. The fourth-order valence-electron chi connectivity index (χ4n) is 1.77. The van der Waals surface area contributed by atoms with Crippen molar-refractivity contribution in [3.8, 4) is 0 Å². The summed E-state index contributed by atoms with van der Waals surface area (Å²) in [4.78, 5) is 19.1. The van der Waals surface area contributed by atoms with Gasteiger partial charge in [-0.1, -0.05) is 11.6 Å². The zero-order chi connectivity index (χ0) is 14.5. The van der Waals surface area contributed by atoms with Crippen LogP contribution in [0.3, 0.4) is 0 Å². The van der Waals surface area contributed by atoms with Gasteiger partial charge in [-0.3, -0.25) is 4.79 Å². The number of aromatic nitrogens is 1. The summed E-state index contributed by atoms with van der Waals surface area (Å²) in [5, 5.41) is 3.15. The molecule has 4 nitrogen and oxygen atoms in total. The van der Waals surface area contributed by atoms with E-state index < -0.39 is 0 Å². The molecule has 0 aliphatic heterocycles. The quantitative estimate of drug-likeness (QED) is 0.919. The monoisotopic (exact) mass is 309 g/mol. The van der Waals surface area contributed by atoms with Gasteiger partial charge < -0.3 is 10.2 Å². The lowest BCUT2D eigenvalue weighted by atomic mass is 10.3. The smallest absolute Gasteiger partial charge is 0.272 e. The van der Waals surface area contributed by atoms with E-state index in [1.54, 1.807) is 24.2 Å². The molecular formula is C14H16ClN3OS. The highest BCUT2D eigenvalue weighted by Gasteiger charge is 2.14. The zero-order valence-electron chi connectivity index (χ0n) is 11.4. The molecule has 106 valence electrons. The first-order valence-electron chi connectivity index (χ1n) is 6.29. The maximum atomic E-state index is 12.2. The van der Waals surface area contributed by atoms with Gasteiger partial charge in [0.1, 0.15) is 5.69 Å². The second-order valence-electron chi connectivity index (χ2n) is 4.33. The van der Waals surface area contributed by atoms with Crippen molar-refractivity contribution in [1.29, 1.82) is 0 Å². The fraction of sp³-hybridized carbons (Fsp3) is 0.286. The third kappa shape index (κ3) is 3.71. The number of rotatable bonds is 5. The van der Waals surface area contributed by atoms with Crippen LogP contribution in [0.15, 0.2) is 30.5 Å². The minimum Gasteiger partial charge on any atom is -0.384 e. The van der Waals surface area contributed by atoms with Crippen LogP contribution < -0.4 is 5.32 Å². The predicted octanol–water partition coefficient (Wildman–Crippen LogP) is 3.50. The molecule has 0 aliphatic rings. The molecule has 0 unspecified atom stereocenters. The Kier molecular flexibility index (Phi) is 4.98. The molecule has 2 aromatic rings. The van der Waals surface area contributed by atoms with E-state index in [0.29, 0.717) is 12.2 Å². The highest BCUT2D eigenvalue weighted by Crippen LogP contribution is 2.22. The fourth-order valence-corrected chi connectivity index (χ4v) is 2.91.